The first-order chi connectivity index (χ1) is 13.6. The number of benzene rings is 2. The van der Waals surface area contributed by atoms with Crippen molar-refractivity contribution in [2.45, 2.75) is 43.9 Å². The molecule has 0 saturated heterocycles. The Kier molecular flexibility index (Phi) is 4.27. The SMILES string of the molecule is O=C(NC(=S)Nc1ccccc1)C12CC3CC(C1)CC(c1ccccc1)(C3)C2. The molecule has 144 valence electrons. The van der Waals surface area contributed by atoms with Gasteiger partial charge in [-0.15, -0.1) is 0 Å². The normalized spacial score (nSPS) is 32.7. The third-order valence-electron chi connectivity index (χ3n) is 7.19. The maximum atomic E-state index is 13.4. The third kappa shape index (κ3) is 3.04. The lowest BCUT2D eigenvalue weighted by molar-refractivity contribution is -0.147. The van der Waals surface area contributed by atoms with Gasteiger partial charge in [-0.1, -0.05) is 48.5 Å². The van der Waals surface area contributed by atoms with E-state index in [1.807, 2.05) is 30.3 Å². The van der Waals surface area contributed by atoms with Gasteiger partial charge in [0.15, 0.2) is 5.11 Å². The number of rotatable bonds is 3. The maximum absolute atomic E-state index is 13.4. The van der Waals surface area contributed by atoms with Crippen molar-refractivity contribution >= 4 is 28.9 Å². The van der Waals surface area contributed by atoms with E-state index >= 15 is 0 Å². The van der Waals surface area contributed by atoms with Crippen molar-refractivity contribution in [3.05, 3.63) is 66.2 Å². The Morgan fingerprint density at radius 3 is 2.14 bits per heavy atom. The van der Waals surface area contributed by atoms with Crippen LogP contribution in [-0.2, 0) is 10.2 Å². The lowest BCUT2D eigenvalue weighted by atomic mass is 9.42. The van der Waals surface area contributed by atoms with E-state index in [0.29, 0.717) is 16.9 Å². The average Bonchev–Trinajstić information content (AvgIpc) is 2.68. The van der Waals surface area contributed by atoms with E-state index in [9.17, 15) is 4.79 Å². The van der Waals surface area contributed by atoms with Crippen molar-refractivity contribution in [3.8, 4) is 0 Å². The fourth-order valence-corrected chi connectivity index (χ4v) is 6.79. The minimum absolute atomic E-state index is 0.121. The van der Waals surface area contributed by atoms with Crippen LogP contribution in [0.3, 0.4) is 0 Å². The van der Waals surface area contributed by atoms with Crippen molar-refractivity contribution in [3.63, 3.8) is 0 Å². The highest BCUT2D eigenvalue weighted by molar-refractivity contribution is 7.80. The van der Waals surface area contributed by atoms with Gasteiger partial charge in [0.1, 0.15) is 0 Å². The molecule has 2 aromatic rings. The van der Waals surface area contributed by atoms with Crippen LogP contribution < -0.4 is 10.6 Å². The zero-order valence-corrected chi connectivity index (χ0v) is 16.8. The number of hydrogen-bond acceptors (Lipinski definition) is 2. The lowest BCUT2D eigenvalue weighted by Crippen LogP contribution is -2.59. The van der Waals surface area contributed by atoms with Gasteiger partial charge >= 0.3 is 0 Å². The largest absolute Gasteiger partial charge is 0.332 e. The molecule has 2 atom stereocenters. The van der Waals surface area contributed by atoms with Gasteiger partial charge in [-0.25, -0.2) is 0 Å². The molecule has 4 bridgehead atoms. The second kappa shape index (κ2) is 6.70. The second-order valence-corrected chi connectivity index (χ2v) is 9.57. The number of carbonyl (C=O) groups excluding carboxylic acids is 1. The van der Waals surface area contributed by atoms with E-state index in [-0.39, 0.29) is 16.7 Å². The van der Waals surface area contributed by atoms with Crippen molar-refractivity contribution in [2.75, 3.05) is 5.32 Å². The topological polar surface area (TPSA) is 41.1 Å². The summed E-state index contributed by atoms with van der Waals surface area (Å²) in [5.41, 5.74) is 2.21. The Balaban J connectivity index is 1.37. The molecule has 4 heteroatoms. The molecule has 6 rings (SSSR count). The molecular formula is C24H26N2OS. The molecule has 28 heavy (non-hydrogen) atoms. The molecule has 4 aliphatic rings. The molecular weight excluding hydrogens is 364 g/mol. The number of amides is 1. The number of carbonyl (C=O) groups is 1. The molecule has 2 unspecified atom stereocenters. The maximum Gasteiger partial charge on any atom is 0.232 e. The molecule has 3 nitrogen and oxygen atoms in total. The van der Waals surface area contributed by atoms with Crippen LogP contribution in [0.15, 0.2) is 60.7 Å². The quantitative estimate of drug-likeness (QED) is 0.722. The highest BCUT2D eigenvalue weighted by atomic mass is 32.1. The molecule has 0 radical (unpaired) electrons. The predicted molar refractivity (Wildman–Crippen MR) is 116 cm³/mol. The molecule has 2 N–H and O–H groups in total. The Bertz CT molecular complexity index is 881. The summed E-state index contributed by atoms with van der Waals surface area (Å²) in [5.74, 6) is 1.43. The molecule has 4 aliphatic carbocycles. The monoisotopic (exact) mass is 390 g/mol. The molecule has 4 fully saturated rings. The van der Waals surface area contributed by atoms with Crippen LogP contribution in [-0.4, -0.2) is 11.0 Å². The van der Waals surface area contributed by atoms with Crippen LogP contribution in [0, 0.1) is 17.3 Å². The summed E-state index contributed by atoms with van der Waals surface area (Å²) in [4.78, 5) is 13.4. The number of thiocarbonyl (C=S) groups is 1. The van der Waals surface area contributed by atoms with Gasteiger partial charge in [-0.3, -0.25) is 4.79 Å². The molecule has 2 aromatic carbocycles. The minimum Gasteiger partial charge on any atom is -0.332 e. The van der Waals surface area contributed by atoms with Gasteiger partial charge in [0, 0.05) is 5.69 Å². The molecule has 0 aromatic heterocycles. The van der Waals surface area contributed by atoms with E-state index < -0.39 is 0 Å². The number of nitrogens with one attached hydrogen (secondary N) is 2. The van der Waals surface area contributed by atoms with E-state index in [1.54, 1.807) is 0 Å². The van der Waals surface area contributed by atoms with Crippen LogP contribution in [0.4, 0.5) is 5.69 Å². The summed E-state index contributed by atoms with van der Waals surface area (Å²) in [6.45, 7) is 0. The molecule has 0 heterocycles. The van der Waals surface area contributed by atoms with E-state index in [0.717, 1.165) is 24.9 Å². The van der Waals surface area contributed by atoms with Gasteiger partial charge in [-0.2, -0.15) is 0 Å². The Morgan fingerprint density at radius 1 is 0.893 bits per heavy atom. The lowest BCUT2D eigenvalue weighted by Gasteiger charge is -2.61. The zero-order chi connectivity index (χ0) is 19.2. The molecule has 0 aliphatic heterocycles. The van der Waals surface area contributed by atoms with Crippen molar-refractivity contribution < 1.29 is 4.79 Å². The summed E-state index contributed by atoms with van der Waals surface area (Å²) in [5, 5.41) is 6.58. The second-order valence-electron chi connectivity index (χ2n) is 9.16. The predicted octanol–water partition coefficient (Wildman–Crippen LogP) is 5.04. The molecule has 0 spiro atoms. The fraction of sp³-hybridized carbons (Fsp3) is 0.417. The number of hydrogen-bond donors (Lipinski definition) is 2. The van der Waals surface area contributed by atoms with Crippen molar-refractivity contribution in [2.24, 2.45) is 17.3 Å². The summed E-state index contributed by atoms with van der Waals surface area (Å²) < 4.78 is 0. The highest BCUT2D eigenvalue weighted by Crippen LogP contribution is 2.65. The molecule has 1 amide bonds. The van der Waals surface area contributed by atoms with E-state index in [1.165, 1.54) is 24.8 Å². The summed E-state index contributed by atoms with van der Waals surface area (Å²) in [7, 11) is 0. The first kappa shape index (κ1) is 17.9. The van der Waals surface area contributed by atoms with Crippen LogP contribution in [0.1, 0.15) is 44.1 Å². The van der Waals surface area contributed by atoms with Gasteiger partial charge in [0.2, 0.25) is 5.91 Å². The first-order valence-electron chi connectivity index (χ1n) is 10.3. The standard InChI is InChI=1S/C24H26N2OS/c27-21(26-22(28)25-20-9-5-2-6-10-20)24-14-17-11-18(15-24)13-23(12-17,16-24)19-7-3-1-4-8-19/h1-10,17-18H,11-16H2,(H2,25,26,27,28). The van der Waals surface area contributed by atoms with Crippen molar-refractivity contribution in [1.29, 1.82) is 0 Å². The average molecular weight is 391 g/mol. The van der Waals surface area contributed by atoms with Crippen LogP contribution >= 0.6 is 12.2 Å². The van der Waals surface area contributed by atoms with Gasteiger partial charge < -0.3 is 10.6 Å². The Morgan fingerprint density at radius 2 is 1.50 bits per heavy atom. The van der Waals surface area contributed by atoms with Gasteiger partial charge in [-0.05, 0) is 85.7 Å². The highest BCUT2D eigenvalue weighted by Gasteiger charge is 2.60. The summed E-state index contributed by atoms with van der Waals surface area (Å²) >= 11 is 5.45. The van der Waals surface area contributed by atoms with Crippen molar-refractivity contribution in [1.82, 2.24) is 5.32 Å². The Labute approximate surface area is 171 Å². The van der Waals surface area contributed by atoms with Gasteiger partial charge in [0.25, 0.3) is 0 Å². The number of anilines is 1. The third-order valence-corrected chi connectivity index (χ3v) is 7.39. The minimum atomic E-state index is -0.275. The van der Waals surface area contributed by atoms with Crippen LogP contribution in [0.2, 0.25) is 0 Å². The smallest absolute Gasteiger partial charge is 0.232 e. The van der Waals surface area contributed by atoms with Gasteiger partial charge in [0.05, 0.1) is 5.41 Å². The number of para-hydroxylation sites is 1. The van der Waals surface area contributed by atoms with Crippen LogP contribution in [0.25, 0.3) is 0 Å². The van der Waals surface area contributed by atoms with E-state index in [2.05, 4.69) is 41.0 Å². The van der Waals surface area contributed by atoms with E-state index in [4.69, 9.17) is 12.2 Å². The summed E-state index contributed by atoms with van der Waals surface area (Å²) in [6, 6.07) is 20.7. The Hall–Kier alpha value is -2.20. The molecule has 4 saturated carbocycles. The summed E-state index contributed by atoms with van der Waals surface area (Å²) in [6.07, 6.45) is 6.73. The first-order valence-corrected chi connectivity index (χ1v) is 10.7. The fourth-order valence-electron chi connectivity index (χ4n) is 6.58. The zero-order valence-electron chi connectivity index (χ0n) is 16.0. The van der Waals surface area contributed by atoms with Crippen LogP contribution in [0.5, 0.6) is 0 Å².